The van der Waals surface area contributed by atoms with Crippen LogP contribution in [0.3, 0.4) is 0 Å². The van der Waals surface area contributed by atoms with Gasteiger partial charge in [-0.05, 0) is 49.7 Å². The van der Waals surface area contributed by atoms with E-state index in [4.69, 9.17) is 4.74 Å². The first-order valence-corrected chi connectivity index (χ1v) is 6.86. The van der Waals surface area contributed by atoms with Crippen molar-refractivity contribution < 1.29 is 9.53 Å². The van der Waals surface area contributed by atoms with Crippen LogP contribution in [0.1, 0.15) is 32.6 Å². The number of carbonyl (C=O) groups is 1. The molecular weight excluding hydrogens is 244 g/mol. The van der Waals surface area contributed by atoms with Crippen molar-refractivity contribution in [3.05, 3.63) is 51.2 Å². The van der Waals surface area contributed by atoms with Crippen molar-refractivity contribution in [2.45, 2.75) is 26.4 Å². The van der Waals surface area contributed by atoms with Gasteiger partial charge in [0.2, 0.25) is 5.78 Å². The summed E-state index contributed by atoms with van der Waals surface area (Å²) in [6.07, 6.45) is 1.11. The molecule has 3 rings (SSSR count). The van der Waals surface area contributed by atoms with E-state index in [9.17, 15) is 4.79 Å². The standard InChI is InChI=1S/C15H14O2S/c1-9-7-12-8-11(4-5-13(12)17-9)15(16)14-6-3-10(2)18-14/h3-6,8-9H,7H2,1-2H3. The van der Waals surface area contributed by atoms with E-state index >= 15 is 0 Å². The molecule has 1 aromatic carbocycles. The molecule has 18 heavy (non-hydrogen) atoms. The number of hydrogen-bond acceptors (Lipinski definition) is 3. The summed E-state index contributed by atoms with van der Waals surface area (Å²) in [5, 5.41) is 0. The Labute approximate surface area is 110 Å². The number of thiophene rings is 1. The van der Waals surface area contributed by atoms with E-state index in [-0.39, 0.29) is 11.9 Å². The summed E-state index contributed by atoms with van der Waals surface area (Å²) in [6.45, 7) is 4.06. The highest BCUT2D eigenvalue weighted by molar-refractivity contribution is 7.14. The number of carbonyl (C=O) groups excluding carboxylic acids is 1. The van der Waals surface area contributed by atoms with E-state index in [1.807, 2.05) is 44.2 Å². The van der Waals surface area contributed by atoms with Crippen LogP contribution < -0.4 is 4.74 Å². The van der Waals surface area contributed by atoms with Crippen LogP contribution in [0.4, 0.5) is 0 Å². The first-order valence-electron chi connectivity index (χ1n) is 6.04. The lowest BCUT2D eigenvalue weighted by Crippen LogP contribution is -2.05. The van der Waals surface area contributed by atoms with Crippen molar-refractivity contribution in [1.29, 1.82) is 0 Å². The van der Waals surface area contributed by atoms with Crippen LogP contribution in [0.15, 0.2) is 30.3 Å². The molecule has 1 aromatic heterocycles. The van der Waals surface area contributed by atoms with Crippen LogP contribution in [-0.4, -0.2) is 11.9 Å². The van der Waals surface area contributed by atoms with Gasteiger partial charge in [-0.2, -0.15) is 0 Å². The molecule has 0 spiro atoms. The molecule has 0 radical (unpaired) electrons. The van der Waals surface area contributed by atoms with Crippen LogP contribution in [0.5, 0.6) is 5.75 Å². The molecule has 2 heterocycles. The number of ether oxygens (including phenoxy) is 1. The van der Waals surface area contributed by atoms with Gasteiger partial charge in [0.1, 0.15) is 11.9 Å². The van der Waals surface area contributed by atoms with E-state index in [0.717, 1.165) is 33.1 Å². The molecule has 2 aromatic rings. The highest BCUT2D eigenvalue weighted by Gasteiger charge is 2.21. The van der Waals surface area contributed by atoms with Crippen LogP contribution in [-0.2, 0) is 6.42 Å². The third-order valence-electron chi connectivity index (χ3n) is 3.12. The van der Waals surface area contributed by atoms with Crippen LogP contribution in [0, 0.1) is 6.92 Å². The minimum absolute atomic E-state index is 0.107. The monoisotopic (exact) mass is 258 g/mol. The Bertz CT molecular complexity index is 613. The van der Waals surface area contributed by atoms with Crippen LogP contribution >= 0.6 is 11.3 Å². The van der Waals surface area contributed by atoms with Gasteiger partial charge < -0.3 is 4.74 Å². The molecule has 1 aliphatic rings. The van der Waals surface area contributed by atoms with Crippen molar-refractivity contribution in [3.8, 4) is 5.75 Å². The number of rotatable bonds is 2. The number of ketones is 1. The van der Waals surface area contributed by atoms with Crippen LogP contribution in [0.2, 0.25) is 0 Å². The molecule has 1 aliphatic heterocycles. The van der Waals surface area contributed by atoms with Gasteiger partial charge in [-0.25, -0.2) is 0 Å². The molecule has 0 saturated carbocycles. The summed E-state index contributed by atoms with van der Waals surface area (Å²) in [5.41, 5.74) is 1.90. The molecule has 92 valence electrons. The summed E-state index contributed by atoms with van der Waals surface area (Å²) < 4.78 is 5.64. The molecule has 0 saturated heterocycles. The van der Waals surface area contributed by atoms with Crippen molar-refractivity contribution in [2.75, 3.05) is 0 Å². The number of benzene rings is 1. The fourth-order valence-electron chi connectivity index (χ4n) is 2.26. The third-order valence-corrected chi connectivity index (χ3v) is 4.12. The normalized spacial score (nSPS) is 17.3. The number of fused-ring (bicyclic) bond motifs is 1. The molecule has 0 aliphatic carbocycles. The summed E-state index contributed by atoms with van der Waals surface area (Å²) >= 11 is 1.54. The number of hydrogen-bond donors (Lipinski definition) is 0. The van der Waals surface area contributed by atoms with Crippen molar-refractivity contribution in [3.63, 3.8) is 0 Å². The van der Waals surface area contributed by atoms with Gasteiger partial charge in [0.25, 0.3) is 0 Å². The molecule has 0 amide bonds. The van der Waals surface area contributed by atoms with Gasteiger partial charge in [0.05, 0.1) is 4.88 Å². The van der Waals surface area contributed by atoms with Crippen LogP contribution in [0.25, 0.3) is 0 Å². The van der Waals surface area contributed by atoms with E-state index in [2.05, 4.69) is 0 Å². The average Bonchev–Trinajstić information content (AvgIpc) is 2.92. The van der Waals surface area contributed by atoms with E-state index in [0.29, 0.717) is 0 Å². The average molecular weight is 258 g/mol. The quantitative estimate of drug-likeness (QED) is 0.769. The first kappa shape index (κ1) is 11.5. The zero-order valence-electron chi connectivity index (χ0n) is 10.4. The second kappa shape index (κ2) is 4.25. The summed E-state index contributed by atoms with van der Waals surface area (Å²) in [5.74, 6) is 1.02. The predicted octanol–water partition coefficient (Wildman–Crippen LogP) is 3.61. The van der Waals surface area contributed by atoms with Crippen molar-refractivity contribution >= 4 is 17.1 Å². The highest BCUT2D eigenvalue weighted by atomic mass is 32.1. The maximum Gasteiger partial charge on any atom is 0.202 e. The Morgan fingerprint density at radius 1 is 1.33 bits per heavy atom. The van der Waals surface area contributed by atoms with E-state index in [1.54, 1.807) is 11.3 Å². The lowest BCUT2D eigenvalue weighted by molar-refractivity contribution is 0.104. The van der Waals surface area contributed by atoms with E-state index in [1.165, 1.54) is 0 Å². The summed E-state index contributed by atoms with van der Waals surface area (Å²) in [6, 6.07) is 9.61. The third kappa shape index (κ3) is 1.95. The molecule has 0 N–H and O–H groups in total. The van der Waals surface area contributed by atoms with E-state index < -0.39 is 0 Å². The Kier molecular flexibility index (Phi) is 2.71. The highest BCUT2D eigenvalue weighted by Crippen LogP contribution is 2.30. The SMILES string of the molecule is Cc1ccc(C(=O)c2ccc3c(c2)CC(C)O3)s1. The molecular formula is C15H14O2S. The lowest BCUT2D eigenvalue weighted by Gasteiger charge is -2.03. The zero-order chi connectivity index (χ0) is 12.7. The zero-order valence-corrected chi connectivity index (χ0v) is 11.2. The van der Waals surface area contributed by atoms with Gasteiger partial charge in [-0.1, -0.05) is 0 Å². The maximum atomic E-state index is 12.3. The minimum atomic E-state index is 0.107. The molecule has 0 fully saturated rings. The lowest BCUT2D eigenvalue weighted by atomic mass is 10.0. The molecule has 0 bridgehead atoms. The topological polar surface area (TPSA) is 26.3 Å². The summed E-state index contributed by atoms with van der Waals surface area (Å²) in [7, 11) is 0. The molecule has 2 nitrogen and oxygen atoms in total. The first-order chi connectivity index (χ1) is 8.63. The van der Waals surface area contributed by atoms with Crippen molar-refractivity contribution in [2.24, 2.45) is 0 Å². The Morgan fingerprint density at radius 2 is 2.17 bits per heavy atom. The Balaban J connectivity index is 1.94. The van der Waals surface area contributed by atoms with Crippen molar-refractivity contribution in [1.82, 2.24) is 0 Å². The fraction of sp³-hybridized carbons (Fsp3) is 0.267. The maximum absolute atomic E-state index is 12.3. The Morgan fingerprint density at radius 3 is 2.89 bits per heavy atom. The smallest absolute Gasteiger partial charge is 0.202 e. The Hall–Kier alpha value is -1.61. The molecule has 1 unspecified atom stereocenters. The van der Waals surface area contributed by atoms with Gasteiger partial charge in [-0.15, -0.1) is 11.3 Å². The van der Waals surface area contributed by atoms with Gasteiger partial charge in [0, 0.05) is 16.9 Å². The number of aryl methyl sites for hydroxylation is 1. The van der Waals surface area contributed by atoms with Gasteiger partial charge in [0.15, 0.2) is 0 Å². The molecule has 3 heteroatoms. The summed E-state index contributed by atoms with van der Waals surface area (Å²) in [4.78, 5) is 14.3. The van der Waals surface area contributed by atoms with Gasteiger partial charge in [-0.3, -0.25) is 4.79 Å². The second-order valence-electron chi connectivity index (χ2n) is 4.69. The van der Waals surface area contributed by atoms with Gasteiger partial charge >= 0.3 is 0 Å². The largest absolute Gasteiger partial charge is 0.490 e. The predicted molar refractivity (Wildman–Crippen MR) is 72.7 cm³/mol. The fourth-order valence-corrected chi connectivity index (χ4v) is 3.09. The minimum Gasteiger partial charge on any atom is -0.490 e. The second-order valence-corrected chi connectivity index (χ2v) is 5.98. The molecule has 1 atom stereocenters.